The maximum Gasteiger partial charge on any atom is 0.408 e. The number of nitrogens with zero attached hydrogens (tertiary/aromatic N) is 1. The molecule has 0 spiro atoms. The van der Waals surface area contributed by atoms with Crippen LogP contribution in [0.2, 0.25) is 0 Å². The van der Waals surface area contributed by atoms with E-state index in [9.17, 15) is 19.2 Å². The van der Waals surface area contributed by atoms with E-state index in [-0.39, 0.29) is 31.4 Å². The summed E-state index contributed by atoms with van der Waals surface area (Å²) in [6, 6.07) is 17.6. The van der Waals surface area contributed by atoms with Gasteiger partial charge in [0, 0.05) is 18.0 Å². The van der Waals surface area contributed by atoms with E-state index in [0.29, 0.717) is 6.42 Å². The highest BCUT2D eigenvalue weighted by molar-refractivity contribution is 5.94. The van der Waals surface area contributed by atoms with Gasteiger partial charge in [-0.3, -0.25) is 9.59 Å². The van der Waals surface area contributed by atoms with Gasteiger partial charge in [-0.1, -0.05) is 92.7 Å². The molecule has 0 saturated carbocycles. The molecule has 3 atom stereocenters. The van der Waals surface area contributed by atoms with Crippen LogP contribution in [0, 0.1) is 5.92 Å². The van der Waals surface area contributed by atoms with Gasteiger partial charge in [0.1, 0.15) is 18.7 Å². The fourth-order valence-corrected chi connectivity index (χ4v) is 6.24. The smallest absolute Gasteiger partial charge is 0.408 e. The maximum atomic E-state index is 16.1. The third-order valence-electron chi connectivity index (χ3n) is 8.63. The van der Waals surface area contributed by atoms with Crippen LogP contribution in [0.5, 0.6) is 0 Å². The number of rotatable bonds is 10. The molecule has 1 heterocycles. The Labute approximate surface area is 266 Å². The van der Waals surface area contributed by atoms with Crippen LogP contribution in [-0.4, -0.2) is 67.2 Å². The first-order valence-electron chi connectivity index (χ1n) is 15.3. The van der Waals surface area contributed by atoms with E-state index in [1.807, 2.05) is 48.5 Å². The van der Waals surface area contributed by atoms with Gasteiger partial charge < -0.3 is 25.0 Å². The number of esters is 1. The molecule has 5 rings (SSSR count). The second-order valence-electron chi connectivity index (χ2n) is 11.8. The molecule has 1 aliphatic carbocycles. The third-order valence-corrected chi connectivity index (χ3v) is 8.63. The molecule has 0 bridgehead atoms. The Balaban J connectivity index is 1.37. The van der Waals surface area contributed by atoms with Crippen molar-refractivity contribution < 1.29 is 37.4 Å². The number of hydrogen-bond acceptors (Lipinski definition) is 6. The first-order valence-corrected chi connectivity index (χ1v) is 15.3. The molecule has 0 aromatic heterocycles. The summed E-state index contributed by atoms with van der Waals surface area (Å²) < 4.78 is 42.6. The maximum absolute atomic E-state index is 16.1. The molecule has 11 heteroatoms. The van der Waals surface area contributed by atoms with Crippen LogP contribution in [0.4, 0.5) is 13.6 Å². The number of benzene rings is 3. The Morgan fingerprint density at radius 1 is 0.891 bits per heavy atom. The second-order valence-corrected chi connectivity index (χ2v) is 11.8. The van der Waals surface area contributed by atoms with Crippen LogP contribution in [0.25, 0.3) is 11.1 Å². The van der Waals surface area contributed by atoms with Crippen molar-refractivity contribution in [2.24, 2.45) is 5.92 Å². The van der Waals surface area contributed by atoms with Gasteiger partial charge in [-0.25, -0.2) is 9.59 Å². The number of fused-ring (bicyclic) bond motifs is 3. The van der Waals surface area contributed by atoms with E-state index in [4.69, 9.17) is 9.47 Å². The summed E-state index contributed by atoms with van der Waals surface area (Å²) in [5.41, 5.74) is 3.40. The van der Waals surface area contributed by atoms with Crippen molar-refractivity contribution in [2.45, 2.75) is 56.7 Å². The fraction of sp³-hybridized carbons (Fsp3) is 0.371. The van der Waals surface area contributed by atoms with E-state index in [0.717, 1.165) is 39.3 Å². The van der Waals surface area contributed by atoms with Gasteiger partial charge in [-0.2, -0.15) is 8.78 Å². The largest absolute Gasteiger partial charge is 0.467 e. The Bertz CT molecular complexity index is 1550. The van der Waals surface area contributed by atoms with Gasteiger partial charge in [-0.15, -0.1) is 0 Å². The van der Waals surface area contributed by atoms with Crippen molar-refractivity contribution in [1.29, 1.82) is 0 Å². The lowest BCUT2D eigenvalue weighted by Gasteiger charge is -2.33. The molecule has 1 saturated heterocycles. The number of methoxy groups -OCH3 is 1. The fourth-order valence-electron chi connectivity index (χ4n) is 6.24. The molecule has 1 fully saturated rings. The highest BCUT2D eigenvalue weighted by Crippen LogP contribution is 2.44. The zero-order valence-corrected chi connectivity index (χ0v) is 25.9. The molecular formula is C35H37F2N3O6. The molecule has 242 valence electrons. The number of carbonyl (C=O) groups excluding carboxylic acids is 4. The average molecular weight is 634 g/mol. The number of alkyl halides is 2. The van der Waals surface area contributed by atoms with Gasteiger partial charge in [-0.05, 0) is 41.0 Å². The lowest BCUT2D eigenvalue weighted by Crippen LogP contribution is -2.60. The van der Waals surface area contributed by atoms with Gasteiger partial charge in [0.2, 0.25) is 5.91 Å². The first-order chi connectivity index (χ1) is 22.0. The number of halogens is 2. The number of hydrogen-bond donors (Lipinski definition) is 2. The van der Waals surface area contributed by atoms with Crippen LogP contribution in [0.15, 0.2) is 78.9 Å². The standard InChI is InChI=1S/C35H37F2N3O6/c1-21(2)29(33(43)45-3)38-31(41)28-18-11-19-40(28)32(42)30(35(36,37)22-12-5-4-6-13-22)39-34(44)46-20-27-25-16-9-7-14-23(25)24-15-8-10-17-26(24)27/h4-10,12-17,21,27-30H,11,18-20H2,1-3H3,(H,38,41)(H,39,44)/t28-,29-,30+/m0/s1. The summed E-state index contributed by atoms with van der Waals surface area (Å²) >= 11 is 0. The quantitative estimate of drug-likeness (QED) is 0.304. The zero-order valence-electron chi connectivity index (χ0n) is 25.9. The van der Waals surface area contributed by atoms with E-state index in [2.05, 4.69) is 10.6 Å². The molecule has 3 amide bonds. The minimum atomic E-state index is -3.86. The Hall–Kier alpha value is -4.80. The highest BCUT2D eigenvalue weighted by atomic mass is 19.3. The zero-order chi connectivity index (χ0) is 33.0. The predicted molar refractivity (Wildman–Crippen MR) is 166 cm³/mol. The average Bonchev–Trinajstić information content (AvgIpc) is 3.68. The molecule has 3 aromatic carbocycles. The Morgan fingerprint density at radius 2 is 1.48 bits per heavy atom. The lowest BCUT2D eigenvalue weighted by molar-refractivity contribution is -0.151. The molecule has 0 radical (unpaired) electrons. The summed E-state index contributed by atoms with van der Waals surface area (Å²) in [5, 5.41) is 4.75. The SMILES string of the molecule is COC(=O)[C@@H](NC(=O)[C@@H]1CCCN1C(=O)[C@@H](NC(=O)OCC1c2ccccc2-c2ccccc21)C(F)(F)c1ccccc1)C(C)C. The first kappa shape index (κ1) is 32.6. The van der Waals surface area contributed by atoms with E-state index in [1.54, 1.807) is 19.9 Å². The molecule has 1 aliphatic heterocycles. The van der Waals surface area contributed by atoms with Crippen molar-refractivity contribution in [3.63, 3.8) is 0 Å². The van der Waals surface area contributed by atoms with Crippen molar-refractivity contribution in [1.82, 2.24) is 15.5 Å². The molecule has 2 N–H and O–H groups in total. The number of carbonyl (C=O) groups is 4. The molecule has 9 nitrogen and oxygen atoms in total. The van der Waals surface area contributed by atoms with Gasteiger partial charge in [0.05, 0.1) is 7.11 Å². The number of amides is 3. The Morgan fingerprint density at radius 3 is 2.07 bits per heavy atom. The summed E-state index contributed by atoms with van der Waals surface area (Å²) in [6.45, 7) is 3.30. The van der Waals surface area contributed by atoms with Gasteiger partial charge in [0.15, 0.2) is 6.04 Å². The van der Waals surface area contributed by atoms with Crippen LogP contribution in [0.3, 0.4) is 0 Å². The van der Waals surface area contributed by atoms with Crippen molar-refractivity contribution in [3.8, 4) is 11.1 Å². The normalized spacial score (nSPS) is 17.1. The van der Waals surface area contributed by atoms with E-state index >= 15 is 8.78 Å². The molecule has 3 aromatic rings. The van der Waals surface area contributed by atoms with Gasteiger partial charge in [0.25, 0.3) is 5.91 Å². The van der Waals surface area contributed by atoms with Crippen molar-refractivity contribution in [3.05, 3.63) is 95.6 Å². The summed E-state index contributed by atoms with van der Waals surface area (Å²) in [5.74, 6) is -6.98. The summed E-state index contributed by atoms with van der Waals surface area (Å²) in [4.78, 5) is 53.7. The van der Waals surface area contributed by atoms with Crippen LogP contribution < -0.4 is 10.6 Å². The van der Waals surface area contributed by atoms with Gasteiger partial charge >= 0.3 is 18.0 Å². The highest BCUT2D eigenvalue weighted by Gasteiger charge is 2.51. The van der Waals surface area contributed by atoms with Crippen molar-refractivity contribution in [2.75, 3.05) is 20.3 Å². The molecular weight excluding hydrogens is 596 g/mol. The van der Waals surface area contributed by atoms with Crippen LogP contribution in [-0.2, 0) is 29.8 Å². The molecule has 46 heavy (non-hydrogen) atoms. The van der Waals surface area contributed by atoms with E-state index in [1.165, 1.54) is 19.2 Å². The summed E-state index contributed by atoms with van der Waals surface area (Å²) in [6.07, 6.45) is -0.636. The van der Waals surface area contributed by atoms with Crippen molar-refractivity contribution >= 4 is 23.9 Å². The summed E-state index contributed by atoms with van der Waals surface area (Å²) in [7, 11) is 1.19. The number of alkyl carbamates (subject to hydrolysis) is 1. The second kappa shape index (κ2) is 13.7. The lowest BCUT2D eigenvalue weighted by atomic mass is 9.98. The number of nitrogens with one attached hydrogen (secondary N) is 2. The Kier molecular flexibility index (Phi) is 9.69. The topological polar surface area (TPSA) is 114 Å². The molecule has 0 unspecified atom stereocenters. The van der Waals surface area contributed by atoms with Crippen LogP contribution in [0.1, 0.15) is 49.3 Å². The third kappa shape index (κ3) is 6.45. The minimum Gasteiger partial charge on any atom is -0.467 e. The number of ether oxygens (including phenoxy) is 2. The predicted octanol–water partition coefficient (Wildman–Crippen LogP) is 4.99. The van der Waals surface area contributed by atoms with Crippen LogP contribution >= 0.6 is 0 Å². The monoisotopic (exact) mass is 633 g/mol. The van der Waals surface area contributed by atoms with E-state index < -0.39 is 53.5 Å². The minimum absolute atomic E-state index is 0.00916. The number of likely N-dealkylation sites (tertiary alicyclic amines) is 1. The molecule has 2 aliphatic rings.